The minimum atomic E-state index is 0.230. The highest BCUT2D eigenvalue weighted by Crippen LogP contribution is 2.36. The van der Waals surface area contributed by atoms with Crippen LogP contribution in [0.5, 0.6) is 0 Å². The Labute approximate surface area is 132 Å². The molecular formula is C16H25N5O. The molecule has 1 fully saturated rings. The molecule has 2 N–H and O–H groups in total. The number of hydrogen-bond donors (Lipinski definition) is 1. The van der Waals surface area contributed by atoms with Crippen LogP contribution in [0.1, 0.15) is 31.9 Å². The largest absolute Gasteiger partial charge is 0.381 e. The van der Waals surface area contributed by atoms with Crippen molar-refractivity contribution in [3.8, 4) is 0 Å². The first-order chi connectivity index (χ1) is 10.6. The summed E-state index contributed by atoms with van der Waals surface area (Å²) in [5.41, 5.74) is 7.07. The summed E-state index contributed by atoms with van der Waals surface area (Å²) in [6.07, 6.45) is 4.99. The summed E-state index contributed by atoms with van der Waals surface area (Å²) in [6.45, 7) is 11.0. The molecule has 1 aromatic rings. The second kappa shape index (κ2) is 7.35. The van der Waals surface area contributed by atoms with E-state index < -0.39 is 0 Å². The Morgan fingerprint density at radius 3 is 2.86 bits per heavy atom. The molecule has 1 aliphatic rings. The van der Waals surface area contributed by atoms with Crippen molar-refractivity contribution < 1.29 is 4.74 Å². The smallest absolute Gasteiger partial charge is 0.222 e. The van der Waals surface area contributed by atoms with Gasteiger partial charge in [0.1, 0.15) is 5.69 Å². The van der Waals surface area contributed by atoms with Gasteiger partial charge in [0.2, 0.25) is 5.95 Å². The average molecular weight is 303 g/mol. The highest BCUT2D eigenvalue weighted by molar-refractivity contribution is 5.75. The summed E-state index contributed by atoms with van der Waals surface area (Å²) >= 11 is 0. The molecule has 0 spiro atoms. The van der Waals surface area contributed by atoms with E-state index in [-0.39, 0.29) is 5.95 Å². The Bertz CT molecular complexity index is 546. The first kappa shape index (κ1) is 16.4. The quantitative estimate of drug-likeness (QED) is 0.784. The fourth-order valence-electron chi connectivity index (χ4n) is 3.03. The van der Waals surface area contributed by atoms with Crippen molar-refractivity contribution in [2.45, 2.75) is 32.2 Å². The second-order valence-corrected chi connectivity index (χ2v) is 5.60. The molecule has 0 bridgehead atoms. The van der Waals surface area contributed by atoms with Crippen LogP contribution in [0.3, 0.4) is 0 Å². The maximum atomic E-state index is 5.81. The summed E-state index contributed by atoms with van der Waals surface area (Å²) < 4.78 is 5.55. The minimum Gasteiger partial charge on any atom is -0.381 e. The number of nitrogens with two attached hydrogens (primary N) is 1. The van der Waals surface area contributed by atoms with E-state index in [9.17, 15) is 0 Å². The van der Waals surface area contributed by atoms with Crippen LogP contribution in [-0.2, 0) is 4.74 Å². The van der Waals surface area contributed by atoms with Crippen molar-refractivity contribution in [1.29, 1.82) is 0 Å². The van der Waals surface area contributed by atoms with Gasteiger partial charge in [-0.25, -0.2) is 4.98 Å². The van der Waals surface area contributed by atoms with Gasteiger partial charge in [-0.2, -0.15) is 4.98 Å². The minimum absolute atomic E-state index is 0.230. The Morgan fingerprint density at radius 1 is 1.45 bits per heavy atom. The van der Waals surface area contributed by atoms with Gasteiger partial charge >= 0.3 is 0 Å². The van der Waals surface area contributed by atoms with E-state index in [1.807, 2.05) is 14.0 Å². The molecule has 0 aromatic carbocycles. The fraction of sp³-hybridized carbons (Fsp3) is 0.562. The van der Waals surface area contributed by atoms with E-state index in [0.717, 1.165) is 31.9 Å². The van der Waals surface area contributed by atoms with Crippen LogP contribution in [0.4, 0.5) is 17.5 Å². The van der Waals surface area contributed by atoms with E-state index in [2.05, 4.69) is 33.2 Å². The fourth-order valence-corrected chi connectivity index (χ4v) is 3.03. The standard InChI is InChI=1S/C16H25N5O/c1-5-13-14(18-3)15(20-16(17)19-13)21(4)12-8-7-11(9-12)10-22-6-2/h5,11-12H,1,3,6-10H2,2,4H3,(H2,17,19,20). The van der Waals surface area contributed by atoms with Crippen LogP contribution in [-0.4, -0.2) is 43.0 Å². The van der Waals surface area contributed by atoms with Crippen LogP contribution < -0.4 is 10.6 Å². The summed E-state index contributed by atoms with van der Waals surface area (Å²) in [6, 6.07) is 0.401. The van der Waals surface area contributed by atoms with Crippen molar-refractivity contribution in [2.75, 3.05) is 30.9 Å². The van der Waals surface area contributed by atoms with Gasteiger partial charge < -0.3 is 15.4 Å². The lowest BCUT2D eigenvalue weighted by molar-refractivity contribution is 0.112. The summed E-state index contributed by atoms with van der Waals surface area (Å²) in [5.74, 6) is 1.55. The zero-order valence-corrected chi connectivity index (χ0v) is 13.5. The lowest BCUT2D eigenvalue weighted by atomic mass is 10.1. The molecule has 2 rings (SSSR count). The van der Waals surface area contributed by atoms with Gasteiger partial charge in [0.25, 0.3) is 0 Å². The number of aliphatic imine (C=N–C) groups is 1. The predicted octanol–water partition coefficient (Wildman–Crippen LogP) is 2.68. The van der Waals surface area contributed by atoms with Crippen LogP contribution in [0.25, 0.3) is 6.08 Å². The number of nitrogens with zero attached hydrogens (tertiary/aromatic N) is 4. The van der Waals surface area contributed by atoms with Gasteiger partial charge in [-0.3, -0.25) is 4.99 Å². The number of rotatable bonds is 7. The number of ether oxygens (including phenoxy) is 1. The van der Waals surface area contributed by atoms with Crippen molar-refractivity contribution in [3.05, 3.63) is 12.3 Å². The third-order valence-electron chi connectivity index (χ3n) is 4.21. The molecule has 0 amide bonds. The van der Waals surface area contributed by atoms with E-state index in [0.29, 0.717) is 23.3 Å². The maximum absolute atomic E-state index is 5.81. The molecule has 2 unspecified atom stereocenters. The Morgan fingerprint density at radius 2 is 2.23 bits per heavy atom. The molecule has 120 valence electrons. The van der Waals surface area contributed by atoms with Crippen molar-refractivity contribution in [2.24, 2.45) is 10.9 Å². The second-order valence-electron chi connectivity index (χ2n) is 5.60. The van der Waals surface area contributed by atoms with E-state index in [1.165, 1.54) is 6.42 Å². The van der Waals surface area contributed by atoms with Gasteiger partial charge in [0, 0.05) is 26.3 Å². The zero-order chi connectivity index (χ0) is 16.1. The number of nitrogen functional groups attached to an aromatic ring is 1. The van der Waals surface area contributed by atoms with Gasteiger partial charge in [0.15, 0.2) is 5.82 Å². The average Bonchev–Trinajstić information content (AvgIpc) is 3.00. The summed E-state index contributed by atoms with van der Waals surface area (Å²) in [5, 5.41) is 0. The maximum Gasteiger partial charge on any atom is 0.222 e. The first-order valence-electron chi connectivity index (χ1n) is 7.67. The summed E-state index contributed by atoms with van der Waals surface area (Å²) in [7, 11) is 2.02. The Hall–Kier alpha value is -1.95. The van der Waals surface area contributed by atoms with Crippen LogP contribution in [0.15, 0.2) is 11.6 Å². The van der Waals surface area contributed by atoms with Crippen LogP contribution in [0, 0.1) is 5.92 Å². The van der Waals surface area contributed by atoms with Gasteiger partial charge in [-0.15, -0.1) is 0 Å². The Balaban J connectivity index is 2.19. The lowest BCUT2D eigenvalue weighted by Crippen LogP contribution is -2.31. The van der Waals surface area contributed by atoms with E-state index in [4.69, 9.17) is 10.5 Å². The van der Waals surface area contributed by atoms with E-state index in [1.54, 1.807) is 6.08 Å². The third-order valence-corrected chi connectivity index (χ3v) is 4.21. The molecule has 1 aromatic heterocycles. The zero-order valence-electron chi connectivity index (χ0n) is 13.5. The van der Waals surface area contributed by atoms with Crippen molar-refractivity contribution in [3.63, 3.8) is 0 Å². The number of anilines is 2. The molecule has 0 radical (unpaired) electrons. The molecular weight excluding hydrogens is 278 g/mol. The van der Waals surface area contributed by atoms with Gasteiger partial charge in [-0.1, -0.05) is 6.58 Å². The van der Waals surface area contributed by atoms with Crippen LogP contribution in [0.2, 0.25) is 0 Å². The molecule has 1 heterocycles. The van der Waals surface area contributed by atoms with Crippen molar-refractivity contribution in [1.82, 2.24) is 9.97 Å². The molecule has 1 aliphatic carbocycles. The monoisotopic (exact) mass is 303 g/mol. The van der Waals surface area contributed by atoms with Gasteiger partial charge in [-0.05, 0) is 44.9 Å². The highest BCUT2D eigenvalue weighted by Gasteiger charge is 2.30. The topological polar surface area (TPSA) is 76.6 Å². The predicted molar refractivity (Wildman–Crippen MR) is 91.8 cm³/mol. The first-order valence-corrected chi connectivity index (χ1v) is 7.67. The number of aromatic nitrogens is 2. The molecule has 6 nitrogen and oxygen atoms in total. The molecule has 2 atom stereocenters. The molecule has 0 aliphatic heterocycles. The lowest BCUT2D eigenvalue weighted by Gasteiger charge is -2.27. The SMILES string of the molecule is C=Cc1nc(N)nc(N(C)C2CCC(COCC)C2)c1N=C. The molecule has 0 saturated heterocycles. The number of hydrogen-bond acceptors (Lipinski definition) is 6. The summed E-state index contributed by atoms with van der Waals surface area (Å²) in [4.78, 5) is 14.7. The van der Waals surface area contributed by atoms with E-state index >= 15 is 0 Å². The van der Waals surface area contributed by atoms with Gasteiger partial charge in [0.05, 0.1) is 5.69 Å². The Kier molecular flexibility index (Phi) is 5.49. The normalized spacial score (nSPS) is 20.8. The molecule has 1 saturated carbocycles. The molecule has 22 heavy (non-hydrogen) atoms. The van der Waals surface area contributed by atoms with Crippen molar-refractivity contribution >= 4 is 30.2 Å². The highest BCUT2D eigenvalue weighted by atomic mass is 16.5. The third kappa shape index (κ3) is 3.44. The molecule has 6 heteroatoms. The van der Waals surface area contributed by atoms with Crippen LogP contribution >= 0.6 is 0 Å².